The van der Waals surface area contributed by atoms with Crippen molar-refractivity contribution in [2.75, 3.05) is 6.54 Å². The van der Waals surface area contributed by atoms with E-state index >= 15 is 0 Å². The molecule has 1 fully saturated rings. The number of hydrogen-bond acceptors (Lipinski definition) is 4. The molecule has 0 amide bonds. The van der Waals surface area contributed by atoms with Gasteiger partial charge in [0.2, 0.25) is 11.8 Å². The van der Waals surface area contributed by atoms with E-state index in [-0.39, 0.29) is 13.0 Å². The first-order chi connectivity index (χ1) is 9.98. The number of likely N-dealkylation sites (tertiary alicyclic amines) is 1. The second-order valence-corrected chi connectivity index (χ2v) is 5.48. The second kappa shape index (κ2) is 5.22. The van der Waals surface area contributed by atoms with Crippen LogP contribution in [0.2, 0.25) is 0 Å². The highest BCUT2D eigenvalue weighted by molar-refractivity contribution is 5.09. The minimum Gasteiger partial charge on any atom is -0.424 e. The average molecular weight is 296 g/mol. The fourth-order valence-electron chi connectivity index (χ4n) is 2.71. The molecule has 5 nitrogen and oxygen atoms in total. The van der Waals surface area contributed by atoms with Gasteiger partial charge in [-0.15, -0.1) is 10.2 Å². The highest BCUT2D eigenvalue weighted by atomic mass is 19.3. The third-order valence-electron chi connectivity index (χ3n) is 3.85. The molecule has 21 heavy (non-hydrogen) atoms. The van der Waals surface area contributed by atoms with Gasteiger partial charge in [-0.3, -0.25) is 4.90 Å². The molecular weight excluding hydrogens is 278 g/mol. The first kappa shape index (κ1) is 14.2. The van der Waals surface area contributed by atoms with Gasteiger partial charge in [0.1, 0.15) is 0 Å². The van der Waals surface area contributed by atoms with Crippen LogP contribution in [0.3, 0.4) is 0 Å². The largest absolute Gasteiger partial charge is 0.424 e. The van der Waals surface area contributed by atoms with Crippen LogP contribution in [0.15, 0.2) is 22.7 Å². The van der Waals surface area contributed by atoms with Crippen molar-refractivity contribution in [3.63, 3.8) is 0 Å². The van der Waals surface area contributed by atoms with Crippen LogP contribution in [0, 0.1) is 0 Å². The minimum absolute atomic E-state index is 0.275. The van der Waals surface area contributed by atoms with Crippen LogP contribution >= 0.6 is 0 Å². The molecule has 1 atom stereocenters. The predicted octanol–water partition coefficient (Wildman–Crippen LogP) is 2.55. The number of rotatable bonds is 4. The Morgan fingerprint density at radius 1 is 1.43 bits per heavy atom. The van der Waals surface area contributed by atoms with Gasteiger partial charge in [0.25, 0.3) is 5.92 Å². The Balaban J connectivity index is 1.84. The molecule has 7 heteroatoms. The first-order valence-corrected chi connectivity index (χ1v) is 7.03. The predicted molar refractivity (Wildman–Crippen MR) is 71.8 cm³/mol. The SMILES string of the molecule is CCc1nnc([C@@H]2CC(F)(F)CN2Cc2cccn2C)o1. The van der Waals surface area contributed by atoms with Gasteiger partial charge in [0, 0.05) is 38.3 Å². The van der Waals surface area contributed by atoms with Crippen molar-refractivity contribution in [1.29, 1.82) is 0 Å². The van der Waals surface area contributed by atoms with E-state index in [0.29, 0.717) is 24.7 Å². The lowest BCUT2D eigenvalue weighted by Gasteiger charge is -2.21. The summed E-state index contributed by atoms with van der Waals surface area (Å²) >= 11 is 0. The third-order valence-corrected chi connectivity index (χ3v) is 3.85. The molecule has 1 aliphatic rings. The molecule has 2 aromatic heterocycles. The summed E-state index contributed by atoms with van der Waals surface area (Å²) in [5.41, 5.74) is 0.980. The van der Waals surface area contributed by atoms with Crippen molar-refractivity contribution in [2.24, 2.45) is 7.05 Å². The molecule has 114 valence electrons. The summed E-state index contributed by atoms with van der Waals surface area (Å²) in [7, 11) is 1.90. The third kappa shape index (κ3) is 2.83. The smallest absolute Gasteiger partial charge is 0.262 e. The maximum Gasteiger partial charge on any atom is 0.262 e. The van der Waals surface area contributed by atoms with Crippen LogP contribution in [0.25, 0.3) is 0 Å². The quantitative estimate of drug-likeness (QED) is 0.870. The van der Waals surface area contributed by atoms with Gasteiger partial charge >= 0.3 is 0 Å². The van der Waals surface area contributed by atoms with Gasteiger partial charge in [-0.05, 0) is 12.1 Å². The van der Waals surface area contributed by atoms with Crippen molar-refractivity contribution >= 4 is 0 Å². The molecule has 0 saturated carbocycles. The zero-order valence-corrected chi connectivity index (χ0v) is 12.1. The monoisotopic (exact) mass is 296 g/mol. The van der Waals surface area contributed by atoms with E-state index < -0.39 is 12.0 Å². The van der Waals surface area contributed by atoms with E-state index in [4.69, 9.17) is 4.42 Å². The lowest BCUT2D eigenvalue weighted by Crippen LogP contribution is -2.27. The average Bonchev–Trinajstić information content (AvgIpc) is 3.10. The molecular formula is C14H18F2N4O. The highest BCUT2D eigenvalue weighted by Crippen LogP contribution is 2.41. The Morgan fingerprint density at radius 2 is 2.24 bits per heavy atom. The summed E-state index contributed by atoms with van der Waals surface area (Å²) in [4.78, 5) is 1.71. The minimum atomic E-state index is -2.73. The van der Waals surface area contributed by atoms with Crippen molar-refractivity contribution in [3.05, 3.63) is 35.8 Å². The fraction of sp³-hybridized carbons (Fsp3) is 0.571. The second-order valence-electron chi connectivity index (χ2n) is 5.48. The Morgan fingerprint density at radius 3 is 2.86 bits per heavy atom. The van der Waals surface area contributed by atoms with Gasteiger partial charge in [0.15, 0.2) is 0 Å². The van der Waals surface area contributed by atoms with Crippen LogP contribution in [-0.2, 0) is 20.0 Å². The summed E-state index contributed by atoms with van der Waals surface area (Å²) in [6, 6.07) is 3.31. The van der Waals surface area contributed by atoms with Crippen LogP contribution in [0.4, 0.5) is 8.78 Å². The van der Waals surface area contributed by atoms with E-state index in [0.717, 1.165) is 5.69 Å². The summed E-state index contributed by atoms with van der Waals surface area (Å²) < 4.78 is 35.0. The van der Waals surface area contributed by atoms with Crippen molar-refractivity contribution in [3.8, 4) is 0 Å². The van der Waals surface area contributed by atoms with Crippen LogP contribution in [-0.4, -0.2) is 32.1 Å². The summed E-state index contributed by atoms with van der Waals surface area (Å²) in [6.45, 7) is 2.04. The molecule has 3 heterocycles. The Hall–Kier alpha value is -1.76. The van der Waals surface area contributed by atoms with Gasteiger partial charge in [-0.25, -0.2) is 8.78 Å². The summed E-state index contributed by atoms with van der Waals surface area (Å²) in [5, 5.41) is 7.82. The summed E-state index contributed by atoms with van der Waals surface area (Å²) in [5.74, 6) is -1.95. The van der Waals surface area contributed by atoms with E-state index in [1.807, 2.05) is 36.9 Å². The first-order valence-electron chi connectivity index (χ1n) is 7.03. The number of aromatic nitrogens is 3. The zero-order valence-electron chi connectivity index (χ0n) is 12.1. The molecule has 0 radical (unpaired) electrons. The van der Waals surface area contributed by atoms with E-state index in [1.54, 1.807) is 4.90 Å². The molecule has 0 spiro atoms. The van der Waals surface area contributed by atoms with Gasteiger partial charge in [0.05, 0.1) is 12.6 Å². The number of aryl methyl sites for hydroxylation is 2. The molecule has 0 bridgehead atoms. The van der Waals surface area contributed by atoms with E-state index in [9.17, 15) is 8.78 Å². The van der Waals surface area contributed by atoms with Crippen LogP contribution in [0.5, 0.6) is 0 Å². The van der Waals surface area contributed by atoms with E-state index in [1.165, 1.54) is 0 Å². The van der Waals surface area contributed by atoms with Gasteiger partial charge < -0.3 is 8.98 Å². The Kier molecular flexibility index (Phi) is 3.52. The number of alkyl halides is 2. The van der Waals surface area contributed by atoms with Crippen molar-refractivity contribution in [1.82, 2.24) is 19.7 Å². The van der Waals surface area contributed by atoms with Gasteiger partial charge in [-0.1, -0.05) is 6.92 Å². The lowest BCUT2D eigenvalue weighted by molar-refractivity contribution is 0.0111. The molecule has 3 rings (SSSR count). The maximum atomic E-state index is 13.8. The molecule has 0 N–H and O–H groups in total. The van der Waals surface area contributed by atoms with Crippen LogP contribution < -0.4 is 0 Å². The van der Waals surface area contributed by atoms with Crippen molar-refractivity contribution in [2.45, 2.75) is 38.3 Å². The van der Waals surface area contributed by atoms with Crippen molar-refractivity contribution < 1.29 is 13.2 Å². The standard InChI is InChI=1S/C14H18F2N4O/c1-3-12-17-18-13(21-12)11-7-14(15,16)9-20(11)8-10-5-4-6-19(10)2/h4-6,11H,3,7-9H2,1-2H3/t11-/m0/s1. The zero-order chi connectivity index (χ0) is 15.0. The lowest BCUT2D eigenvalue weighted by atomic mass is 10.2. The Bertz CT molecular complexity index is 622. The number of halogens is 2. The molecule has 1 aliphatic heterocycles. The number of nitrogens with zero attached hydrogens (tertiary/aromatic N) is 4. The van der Waals surface area contributed by atoms with E-state index in [2.05, 4.69) is 10.2 Å². The summed E-state index contributed by atoms with van der Waals surface area (Å²) in [6.07, 6.45) is 2.23. The molecule has 0 aromatic carbocycles. The van der Waals surface area contributed by atoms with Crippen LogP contribution in [0.1, 0.15) is 36.9 Å². The number of hydrogen-bond donors (Lipinski definition) is 0. The fourth-order valence-corrected chi connectivity index (χ4v) is 2.71. The van der Waals surface area contributed by atoms with Gasteiger partial charge in [-0.2, -0.15) is 0 Å². The maximum absolute atomic E-state index is 13.8. The molecule has 2 aromatic rings. The molecule has 1 saturated heterocycles. The molecule has 0 unspecified atom stereocenters. The highest BCUT2D eigenvalue weighted by Gasteiger charge is 2.47. The Labute approximate surface area is 121 Å². The topological polar surface area (TPSA) is 47.1 Å². The molecule has 0 aliphatic carbocycles. The normalized spacial score (nSPS) is 22.0.